The Hall–Kier alpha value is -0.120. The molecular formula is C8H19NO2. The second kappa shape index (κ2) is 4.70. The van der Waals surface area contributed by atoms with Crippen LogP contribution in [0.15, 0.2) is 0 Å². The highest BCUT2D eigenvalue weighted by molar-refractivity contribution is 4.73. The third kappa shape index (κ3) is 6.28. The first-order valence-electron chi connectivity index (χ1n) is 4.04. The van der Waals surface area contributed by atoms with Crippen LogP contribution in [0.1, 0.15) is 27.7 Å². The second-order valence-corrected chi connectivity index (χ2v) is 3.15. The summed E-state index contributed by atoms with van der Waals surface area (Å²) in [4.78, 5) is 0. The summed E-state index contributed by atoms with van der Waals surface area (Å²) in [6.45, 7) is 7.59. The van der Waals surface area contributed by atoms with E-state index in [0.717, 1.165) is 0 Å². The van der Waals surface area contributed by atoms with Gasteiger partial charge in [-0.05, 0) is 27.7 Å². The topological polar surface area (TPSA) is 58.8 Å². The van der Waals surface area contributed by atoms with Gasteiger partial charge in [-0.2, -0.15) is 0 Å². The first kappa shape index (κ1) is 10.9. The maximum absolute atomic E-state index is 8.50. The molecule has 0 spiro atoms. The molecule has 0 aromatic carbocycles. The van der Waals surface area contributed by atoms with Crippen molar-refractivity contribution in [3.8, 4) is 0 Å². The summed E-state index contributed by atoms with van der Waals surface area (Å²) in [6, 6.07) is -0.0926. The minimum atomic E-state index is -0.370. The van der Waals surface area contributed by atoms with Gasteiger partial charge in [0.2, 0.25) is 0 Å². The summed E-state index contributed by atoms with van der Waals surface area (Å²) in [5.41, 5.74) is 5.19. The maximum atomic E-state index is 8.50. The van der Waals surface area contributed by atoms with Crippen LogP contribution in [0.3, 0.4) is 0 Å². The Labute approximate surface area is 68.5 Å². The van der Waals surface area contributed by atoms with Crippen molar-refractivity contribution in [3.05, 3.63) is 0 Å². The van der Waals surface area contributed by atoms with Gasteiger partial charge < -0.3 is 15.6 Å². The molecule has 11 heavy (non-hydrogen) atoms. The fourth-order valence-electron chi connectivity index (χ4n) is 0.293. The molecule has 1 aliphatic rings. The molecule has 0 aromatic rings. The number of rotatable bonds is 1. The lowest BCUT2D eigenvalue weighted by atomic mass is 10.2. The third-order valence-electron chi connectivity index (χ3n) is 1.77. The van der Waals surface area contributed by atoms with Crippen LogP contribution < -0.4 is 5.73 Å². The Kier molecular flexibility index (Phi) is 4.65. The van der Waals surface area contributed by atoms with Gasteiger partial charge in [0.15, 0.2) is 0 Å². The van der Waals surface area contributed by atoms with Gasteiger partial charge >= 0.3 is 0 Å². The second-order valence-electron chi connectivity index (χ2n) is 3.15. The van der Waals surface area contributed by atoms with Gasteiger partial charge in [0, 0.05) is 6.04 Å². The van der Waals surface area contributed by atoms with E-state index in [1.54, 1.807) is 13.8 Å². The third-order valence-corrected chi connectivity index (χ3v) is 1.77. The molecular weight excluding hydrogens is 142 g/mol. The standard InChI is InChI=1S/C4H11NO.C4H8O/c1-3(5)4(2)6;1-3-4(2)5-3/h3-4,6H,5H2,1-2H3;3-4H,1-2H3/t;3-,4-/m.0/s1. The van der Waals surface area contributed by atoms with Crippen molar-refractivity contribution in [2.24, 2.45) is 5.73 Å². The fraction of sp³-hybridized carbons (Fsp3) is 1.00. The highest BCUT2D eigenvalue weighted by atomic mass is 16.6. The highest BCUT2D eigenvalue weighted by Crippen LogP contribution is 2.18. The smallest absolute Gasteiger partial charge is 0.0811 e. The molecule has 1 aliphatic heterocycles. The Morgan fingerprint density at radius 2 is 1.45 bits per heavy atom. The van der Waals surface area contributed by atoms with Crippen molar-refractivity contribution >= 4 is 0 Å². The SMILES string of the molecule is CC(N)C(C)O.C[C@@H]1O[C@H]1C. The molecule has 1 saturated heterocycles. The molecule has 0 bridgehead atoms. The molecule has 1 heterocycles. The van der Waals surface area contributed by atoms with Crippen LogP contribution in [0.2, 0.25) is 0 Å². The van der Waals surface area contributed by atoms with E-state index in [2.05, 4.69) is 13.8 Å². The van der Waals surface area contributed by atoms with Gasteiger partial charge in [-0.25, -0.2) is 0 Å². The number of epoxide rings is 1. The molecule has 0 aliphatic carbocycles. The van der Waals surface area contributed by atoms with Crippen molar-refractivity contribution < 1.29 is 9.84 Å². The molecule has 0 amide bonds. The first-order chi connectivity index (χ1) is 4.95. The van der Waals surface area contributed by atoms with Crippen molar-refractivity contribution in [1.29, 1.82) is 0 Å². The minimum Gasteiger partial charge on any atom is -0.392 e. The zero-order valence-electron chi connectivity index (χ0n) is 7.74. The number of hydrogen-bond acceptors (Lipinski definition) is 3. The minimum absolute atomic E-state index is 0.0926. The zero-order chi connectivity index (χ0) is 9.02. The van der Waals surface area contributed by atoms with Crippen LogP contribution in [0.5, 0.6) is 0 Å². The van der Waals surface area contributed by atoms with E-state index in [1.807, 2.05) is 0 Å². The molecule has 3 heteroatoms. The van der Waals surface area contributed by atoms with Crippen LogP contribution in [-0.2, 0) is 4.74 Å². The van der Waals surface area contributed by atoms with Gasteiger partial charge in [-0.3, -0.25) is 0 Å². The molecule has 4 atom stereocenters. The molecule has 1 fully saturated rings. The predicted molar refractivity (Wildman–Crippen MR) is 45.3 cm³/mol. The zero-order valence-corrected chi connectivity index (χ0v) is 7.74. The molecule has 3 N–H and O–H groups in total. The van der Waals surface area contributed by atoms with Crippen molar-refractivity contribution in [2.45, 2.75) is 52.0 Å². The molecule has 0 aromatic heterocycles. The Morgan fingerprint density at radius 1 is 1.27 bits per heavy atom. The summed E-state index contributed by atoms with van der Waals surface area (Å²) in [7, 11) is 0. The summed E-state index contributed by atoms with van der Waals surface area (Å²) in [5.74, 6) is 0. The quantitative estimate of drug-likeness (QED) is 0.551. The molecule has 0 radical (unpaired) electrons. The van der Waals surface area contributed by atoms with Crippen molar-refractivity contribution in [3.63, 3.8) is 0 Å². The lowest BCUT2D eigenvalue weighted by molar-refractivity contribution is 0.170. The van der Waals surface area contributed by atoms with E-state index in [4.69, 9.17) is 15.6 Å². The average Bonchev–Trinajstić information content (AvgIpc) is 2.46. The van der Waals surface area contributed by atoms with Gasteiger partial charge in [0.25, 0.3) is 0 Å². The van der Waals surface area contributed by atoms with Crippen LogP contribution >= 0.6 is 0 Å². The number of ether oxygens (including phenoxy) is 1. The Morgan fingerprint density at radius 3 is 1.45 bits per heavy atom. The average molecular weight is 161 g/mol. The van der Waals surface area contributed by atoms with E-state index >= 15 is 0 Å². The van der Waals surface area contributed by atoms with Crippen LogP contribution in [0.25, 0.3) is 0 Å². The van der Waals surface area contributed by atoms with Crippen LogP contribution in [0, 0.1) is 0 Å². The van der Waals surface area contributed by atoms with Gasteiger partial charge in [0.1, 0.15) is 0 Å². The number of aliphatic hydroxyl groups excluding tert-OH is 1. The summed E-state index contributed by atoms with van der Waals surface area (Å²) >= 11 is 0. The molecule has 68 valence electrons. The summed E-state index contributed by atoms with van der Waals surface area (Å²) in [6.07, 6.45) is 0.731. The first-order valence-corrected chi connectivity index (χ1v) is 4.04. The Balaban J connectivity index is 0.000000183. The molecule has 0 saturated carbocycles. The van der Waals surface area contributed by atoms with E-state index in [1.165, 1.54) is 0 Å². The van der Waals surface area contributed by atoms with E-state index in [0.29, 0.717) is 12.2 Å². The van der Waals surface area contributed by atoms with Crippen LogP contribution in [-0.4, -0.2) is 29.5 Å². The van der Waals surface area contributed by atoms with Gasteiger partial charge in [0.05, 0.1) is 18.3 Å². The van der Waals surface area contributed by atoms with E-state index < -0.39 is 0 Å². The molecule has 3 nitrogen and oxygen atoms in total. The summed E-state index contributed by atoms with van der Waals surface area (Å²) < 4.78 is 4.92. The van der Waals surface area contributed by atoms with E-state index in [-0.39, 0.29) is 12.1 Å². The normalized spacial score (nSPS) is 33.3. The number of hydrogen-bond donors (Lipinski definition) is 2. The number of nitrogens with two attached hydrogens (primary N) is 1. The fourth-order valence-corrected chi connectivity index (χ4v) is 0.293. The van der Waals surface area contributed by atoms with Crippen molar-refractivity contribution in [2.75, 3.05) is 0 Å². The lowest BCUT2D eigenvalue weighted by Crippen LogP contribution is -2.28. The van der Waals surface area contributed by atoms with Crippen molar-refractivity contribution in [1.82, 2.24) is 0 Å². The Bertz CT molecular complexity index is 92.3. The lowest BCUT2D eigenvalue weighted by Gasteiger charge is -2.04. The largest absolute Gasteiger partial charge is 0.392 e. The van der Waals surface area contributed by atoms with Crippen LogP contribution in [0.4, 0.5) is 0 Å². The molecule has 1 rings (SSSR count). The summed E-state index contributed by atoms with van der Waals surface area (Å²) in [5, 5.41) is 8.50. The predicted octanol–water partition coefficient (Wildman–Crippen LogP) is 0.508. The monoisotopic (exact) mass is 161 g/mol. The highest BCUT2D eigenvalue weighted by Gasteiger charge is 2.27. The molecule has 2 unspecified atom stereocenters. The maximum Gasteiger partial charge on any atom is 0.0811 e. The van der Waals surface area contributed by atoms with Gasteiger partial charge in [-0.15, -0.1) is 0 Å². The van der Waals surface area contributed by atoms with Gasteiger partial charge in [-0.1, -0.05) is 0 Å². The van der Waals surface area contributed by atoms with E-state index in [9.17, 15) is 0 Å². The number of aliphatic hydroxyl groups is 1.